The Hall–Kier alpha value is -0.950. The van der Waals surface area contributed by atoms with Gasteiger partial charge in [-0.1, -0.05) is 6.07 Å². The Kier molecular flexibility index (Phi) is 6.17. The van der Waals surface area contributed by atoms with E-state index in [0.29, 0.717) is 6.54 Å². The Morgan fingerprint density at radius 2 is 2.29 bits per heavy atom. The van der Waals surface area contributed by atoms with Crippen LogP contribution < -0.4 is 10.1 Å². The van der Waals surface area contributed by atoms with Crippen molar-refractivity contribution >= 4 is 27.3 Å². The van der Waals surface area contributed by atoms with Crippen molar-refractivity contribution in [3.63, 3.8) is 0 Å². The highest BCUT2D eigenvalue weighted by atomic mass is 79.9. The second-order valence-electron chi connectivity index (χ2n) is 4.90. The Labute approximate surface area is 137 Å². The monoisotopic (exact) mass is 370 g/mol. The van der Waals surface area contributed by atoms with Gasteiger partial charge in [-0.3, -0.25) is 0 Å². The van der Waals surface area contributed by atoms with Gasteiger partial charge in [-0.25, -0.2) is 4.98 Å². The highest BCUT2D eigenvalue weighted by Crippen LogP contribution is 2.25. The summed E-state index contributed by atoms with van der Waals surface area (Å²) in [7, 11) is 0. The number of aliphatic hydroxyl groups excluding tert-OH is 1. The molecular weight excluding hydrogens is 352 g/mol. The third-order valence-electron chi connectivity index (χ3n) is 3.00. The van der Waals surface area contributed by atoms with E-state index in [1.165, 1.54) is 0 Å². The molecular formula is C15H19BrN2O2S. The molecule has 0 spiro atoms. The molecule has 0 saturated heterocycles. The van der Waals surface area contributed by atoms with Crippen LogP contribution in [0.2, 0.25) is 0 Å². The van der Waals surface area contributed by atoms with E-state index in [9.17, 15) is 5.11 Å². The third kappa shape index (κ3) is 5.07. The summed E-state index contributed by atoms with van der Waals surface area (Å²) in [5, 5.41) is 16.2. The minimum absolute atomic E-state index is 0.130. The standard InChI is InChI=1S/C15H19BrN2O2S/c1-10-3-4-14(13(16)7-10)20-9-12(19)8-18-11(2)15-17-5-6-21-15/h3-7,11-12,18-19H,8-9H2,1-2H3. The lowest BCUT2D eigenvalue weighted by molar-refractivity contribution is 0.104. The number of aryl methyl sites for hydroxylation is 1. The number of halogens is 1. The molecule has 114 valence electrons. The van der Waals surface area contributed by atoms with Crippen LogP contribution in [0.15, 0.2) is 34.2 Å². The normalized spacial score (nSPS) is 13.9. The summed E-state index contributed by atoms with van der Waals surface area (Å²) < 4.78 is 6.53. The average Bonchev–Trinajstić information content (AvgIpc) is 2.98. The fourth-order valence-corrected chi connectivity index (χ4v) is 3.09. The first kappa shape index (κ1) is 16.4. The largest absolute Gasteiger partial charge is 0.490 e. The summed E-state index contributed by atoms with van der Waals surface area (Å²) in [6.45, 7) is 4.76. The smallest absolute Gasteiger partial charge is 0.133 e. The van der Waals surface area contributed by atoms with Gasteiger partial charge in [0.15, 0.2) is 0 Å². The average molecular weight is 371 g/mol. The molecule has 2 unspecified atom stereocenters. The third-order valence-corrected chi connectivity index (χ3v) is 4.58. The predicted molar refractivity (Wildman–Crippen MR) is 88.9 cm³/mol. The highest BCUT2D eigenvalue weighted by Gasteiger charge is 2.11. The van der Waals surface area contributed by atoms with Crippen molar-refractivity contribution in [3.05, 3.63) is 44.8 Å². The first-order valence-corrected chi connectivity index (χ1v) is 8.43. The molecule has 0 saturated carbocycles. The second-order valence-corrected chi connectivity index (χ2v) is 6.68. The second kappa shape index (κ2) is 7.89. The number of benzene rings is 1. The summed E-state index contributed by atoms with van der Waals surface area (Å²) in [4.78, 5) is 4.24. The fourth-order valence-electron chi connectivity index (χ4n) is 1.82. The summed E-state index contributed by atoms with van der Waals surface area (Å²) in [6, 6.07) is 6.00. The fraction of sp³-hybridized carbons (Fsp3) is 0.400. The number of hydrogen-bond acceptors (Lipinski definition) is 5. The number of aliphatic hydroxyl groups is 1. The lowest BCUT2D eigenvalue weighted by Gasteiger charge is -2.16. The Balaban J connectivity index is 1.75. The molecule has 1 heterocycles. The minimum atomic E-state index is -0.569. The van der Waals surface area contributed by atoms with E-state index in [1.54, 1.807) is 17.5 Å². The number of nitrogens with one attached hydrogen (secondary N) is 1. The summed E-state index contributed by atoms with van der Waals surface area (Å²) in [6.07, 6.45) is 1.22. The van der Waals surface area contributed by atoms with E-state index in [-0.39, 0.29) is 12.6 Å². The van der Waals surface area contributed by atoms with Gasteiger partial charge in [-0.05, 0) is 47.5 Å². The van der Waals surface area contributed by atoms with Crippen LogP contribution in [0.1, 0.15) is 23.5 Å². The van der Waals surface area contributed by atoms with E-state index in [4.69, 9.17) is 4.74 Å². The summed E-state index contributed by atoms with van der Waals surface area (Å²) in [5.41, 5.74) is 1.16. The number of thiazole rings is 1. The molecule has 6 heteroatoms. The lowest BCUT2D eigenvalue weighted by Crippen LogP contribution is -2.33. The molecule has 1 aromatic carbocycles. The van der Waals surface area contributed by atoms with Crippen molar-refractivity contribution < 1.29 is 9.84 Å². The van der Waals surface area contributed by atoms with Gasteiger partial charge in [-0.2, -0.15) is 0 Å². The number of aromatic nitrogens is 1. The van der Waals surface area contributed by atoms with Crippen LogP contribution in [-0.2, 0) is 0 Å². The van der Waals surface area contributed by atoms with Crippen LogP contribution in [0.5, 0.6) is 5.75 Å². The molecule has 0 amide bonds. The van der Waals surface area contributed by atoms with Crippen LogP contribution in [-0.4, -0.2) is 29.3 Å². The lowest BCUT2D eigenvalue weighted by atomic mass is 10.2. The zero-order valence-electron chi connectivity index (χ0n) is 12.0. The maximum Gasteiger partial charge on any atom is 0.133 e. The van der Waals surface area contributed by atoms with Crippen LogP contribution in [0.3, 0.4) is 0 Å². The van der Waals surface area contributed by atoms with E-state index in [0.717, 1.165) is 20.8 Å². The topological polar surface area (TPSA) is 54.4 Å². The van der Waals surface area contributed by atoms with Crippen LogP contribution in [0, 0.1) is 6.92 Å². The Bertz CT molecular complexity index is 563. The van der Waals surface area contributed by atoms with Crippen molar-refractivity contribution in [3.8, 4) is 5.75 Å². The quantitative estimate of drug-likeness (QED) is 0.784. The van der Waals surface area contributed by atoms with Crippen molar-refractivity contribution in [2.24, 2.45) is 0 Å². The van der Waals surface area contributed by atoms with Crippen LogP contribution in [0.25, 0.3) is 0 Å². The molecule has 1 aromatic heterocycles. The molecule has 4 nitrogen and oxygen atoms in total. The van der Waals surface area contributed by atoms with Crippen molar-refractivity contribution in [2.75, 3.05) is 13.2 Å². The van der Waals surface area contributed by atoms with Gasteiger partial charge in [0.05, 0.1) is 10.5 Å². The van der Waals surface area contributed by atoms with Gasteiger partial charge >= 0.3 is 0 Å². The first-order chi connectivity index (χ1) is 10.1. The van der Waals surface area contributed by atoms with Crippen molar-refractivity contribution in [1.29, 1.82) is 0 Å². The highest BCUT2D eigenvalue weighted by molar-refractivity contribution is 9.10. The maximum atomic E-state index is 9.98. The predicted octanol–water partition coefficient (Wildman–Crippen LogP) is 3.30. The number of rotatable bonds is 7. The molecule has 2 N–H and O–H groups in total. The van der Waals surface area contributed by atoms with Gasteiger partial charge in [-0.15, -0.1) is 11.3 Å². The molecule has 21 heavy (non-hydrogen) atoms. The molecule has 2 rings (SSSR count). The minimum Gasteiger partial charge on any atom is -0.490 e. The van der Waals surface area contributed by atoms with Gasteiger partial charge < -0.3 is 15.2 Å². The van der Waals surface area contributed by atoms with E-state index < -0.39 is 6.10 Å². The Morgan fingerprint density at radius 1 is 1.48 bits per heavy atom. The molecule has 0 radical (unpaired) electrons. The molecule has 0 aliphatic heterocycles. The van der Waals surface area contributed by atoms with Crippen molar-refractivity contribution in [1.82, 2.24) is 10.3 Å². The van der Waals surface area contributed by atoms with Crippen molar-refractivity contribution in [2.45, 2.75) is 26.0 Å². The SMILES string of the molecule is Cc1ccc(OCC(O)CNC(C)c2nccs2)c(Br)c1. The number of hydrogen-bond donors (Lipinski definition) is 2. The zero-order valence-corrected chi connectivity index (χ0v) is 14.4. The van der Waals surface area contributed by atoms with Gasteiger partial charge in [0.1, 0.15) is 23.5 Å². The van der Waals surface area contributed by atoms with E-state index in [2.05, 4.69) is 26.2 Å². The maximum absolute atomic E-state index is 9.98. The Morgan fingerprint density at radius 3 is 2.95 bits per heavy atom. The van der Waals surface area contributed by atoms with E-state index in [1.807, 2.05) is 37.4 Å². The van der Waals surface area contributed by atoms with Gasteiger partial charge in [0.25, 0.3) is 0 Å². The number of nitrogens with zero attached hydrogens (tertiary/aromatic N) is 1. The first-order valence-electron chi connectivity index (χ1n) is 6.76. The van der Waals surface area contributed by atoms with Gasteiger partial charge in [0.2, 0.25) is 0 Å². The van der Waals surface area contributed by atoms with Crippen LogP contribution >= 0.6 is 27.3 Å². The molecule has 0 bridgehead atoms. The van der Waals surface area contributed by atoms with Gasteiger partial charge in [0, 0.05) is 18.1 Å². The summed E-state index contributed by atoms with van der Waals surface area (Å²) >= 11 is 5.06. The van der Waals surface area contributed by atoms with E-state index >= 15 is 0 Å². The summed E-state index contributed by atoms with van der Waals surface area (Å²) in [5.74, 6) is 0.743. The molecule has 2 aromatic rings. The molecule has 0 aliphatic rings. The molecule has 0 aliphatic carbocycles. The number of ether oxygens (including phenoxy) is 1. The van der Waals surface area contributed by atoms with Crippen LogP contribution in [0.4, 0.5) is 0 Å². The zero-order chi connectivity index (χ0) is 15.2. The molecule has 0 fully saturated rings. The molecule has 2 atom stereocenters.